The van der Waals surface area contributed by atoms with Gasteiger partial charge in [-0.15, -0.1) is 0 Å². The van der Waals surface area contributed by atoms with E-state index in [-0.39, 0.29) is 11.9 Å². The van der Waals surface area contributed by atoms with Gasteiger partial charge in [0.25, 0.3) is 0 Å². The number of anilines is 1. The summed E-state index contributed by atoms with van der Waals surface area (Å²) in [5.41, 5.74) is 1.92. The minimum absolute atomic E-state index is 0.0951. The number of hydrogen-bond acceptors (Lipinski definition) is 2. The molecule has 0 spiro atoms. The molecule has 0 unspecified atom stereocenters. The van der Waals surface area contributed by atoms with Crippen molar-refractivity contribution in [3.05, 3.63) is 65.2 Å². The summed E-state index contributed by atoms with van der Waals surface area (Å²) in [6.07, 6.45) is 3.05. The number of rotatable bonds is 6. The van der Waals surface area contributed by atoms with E-state index in [1.807, 2.05) is 24.3 Å². The first-order valence-electron chi connectivity index (χ1n) is 9.72. The van der Waals surface area contributed by atoms with Crippen molar-refractivity contribution in [1.29, 1.82) is 0 Å². The van der Waals surface area contributed by atoms with Gasteiger partial charge in [-0.2, -0.15) is 0 Å². The molecule has 0 bridgehead atoms. The molecule has 0 saturated carbocycles. The quantitative estimate of drug-likeness (QED) is 0.759. The lowest BCUT2D eigenvalue weighted by Crippen LogP contribution is -2.42. The highest BCUT2D eigenvalue weighted by Gasteiger charge is 2.24. The third-order valence-electron chi connectivity index (χ3n) is 5.03. The van der Waals surface area contributed by atoms with Crippen LogP contribution in [0.1, 0.15) is 24.8 Å². The van der Waals surface area contributed by atoms with Crippen LogP contribution in [-0.2, 0) is 11.2 Å². The van der Waals surface area contributed by atoms with Crippen molar-refractivity contribution in [3.63, 3.8) is 0 Å². The van der Waals surface area contributed by atoms with Gasteiger partial charge in [0.1, 0.15) is 0 Å². The van der Waals surface area contributed by atoms with Crippen molar-refractivity contribution in [2.45, 2.75) is 25.7 Å². The van der Waals surface area contributed by atoms with Gasteiger partial charge in [0.2, 0.25) is 5.91 Å². The van der Waals surface area contributed by atoms with Crippen LogP contribution in [0.2, 0.25) is 5.02 Å². The number of carbonyl (C=O) groups is 2. The normalized spacial score (nSPS) is 14.5. The summed E-state index contributed by atoms with van der Waals surface area (Å²) in [5.74, 6) is 0.421. The number of piperidine rings is 1. The monoisotopic (exact) mass is 399 g/mol. The number of amides is 3. The number of likely N-dealkylation sites (tertiary alicyclic amines) is 1. The fraction of sp³-hybridized carbons (Fsp3) is 0.364. The van der Waals surface area contributed by atoms with Crippen molar-refractivity contribution < 1.29 is 9.59 Å². The molecule has 2 aromatic carbocycles. The third kappa shape index (κ3) is 6.27. The first-order valence-corrected chi connectivity index (χ1v) is 10.1. The molecule has 1 fully saturated rings. The van der Waals surface area contributed by atoms with Gasteiger partial charge in [0.05, 0.1) is 0 Å². The SMILES string of the molecule is O=C(CC1CCN(C(=O)Nc2cccc(Cl)c2)CC1)NCCc1ccccc1. The van der Waals surface area contributed by atoms with Gasteiger partial charge in [-0.1, -0.05) is 48.0 Å². The summed E-state index contributed by atoms with van der Waals surface area (Å²) >= 11 is 5.95. The van der Waals surface area contributed by atoms with Gasteiger partial charge in [-0.3, -0.25) is 4.79 Å². The van der Waals surface area contributed by atoms with E-state index in [1.54, 1.807) is 23.1 Å². The smallest absolute Gasteiger partial charge is 0.321 e. The second-order valence-corrected chi connectivity index (χ2v) is 7.60. The summed E-state index contributed by atoms with van der Waals surface area (Å²) in [4.78, 5) is 26.3. The zero-order valence-corrected chi connectivity index (χ0v) is 16.6. The van der Waals surface area contributed by atoms with E-state index in [1.165, 1.54) is 5.56 Å². The third-order valence-corrected chi connectivity index (χ3v) is 5.27. The summed E-state index contributed by atoms with van der Waals surface area (Å²) in [7, 11) is 0. The summed E-state index contributed by atoms with van der Waals surface area (Å²) < 4.78 is 0. The molecule has 1 aliphatic rings. The maximum Gasteiger partial charge on any atom is 0.321 e. The molecule has 1 saturated heterocycles. The topological polar surface area (TPSA) is 61.4 Å². The van der Waals surface area contributed by atoms with Crippen LogP contribution in [0.5, 0.6) is 0 Å². The van der Waals surface area contributed by atoms with Crippen molar-refractivity contribution in [2.75, 3.05) is 25.0 Å². The fourth-order valence-corrected chi connectivity index (χ4v) is 3.62. The van der Waals surface area contributed by atoms with Crippen molar-refractivity contribution in [3.8, 4) is 0 Å². The first kappa shape index (κ1) is 20.2. The van der Waals surface area contributed by atoms with Gasteiger partial charge < -0.3 is 15.5 Å². The Labute approximate surface area is 171 Å². The van der Waals surface area contributed by atoms with Crippen molar-refractivity contribution in [2.24, 2.45) is 5.92 Å². The summed E-state index contributed by atoms with van der Waals surface area (Å²) in [5, 5.41) is 6.47. The number of carbonyl (C=O) groups excluding carboxylic acids is 2. The standard InChI is InChI=1S/C22H26ClN3O2/c23-19-7-4-8-20(16-19)25-22(28)26-13-10-18(11-14-26)15-21(27)24-12-9-17-5-2-1-3-6-17/h1-8,16,18H,9-15H2,(H,24,27)(H,25,28). The van der Waals surface area contributed by atoms with E-state index in [4.69, 9.17) is 11.6 Å². The molecule has 0 atom stereocenters. The van der Waals surface area contributed by atoms with E-state index in [9.17, 15) is 9.59 Å². The van der Waals surface area contributed by atoms with Crippen molar-refractivity contribution in [1.82, 2.24) is 10.2 Å². The van der Waals surface area contributed by atoms with Gasteiger partial charge in [0.15, 0.2) is 0 Å². The molecule has 0 radical (unpaired) electrons. The molecule has 2 aromatic rings. The number of benzene rings is 2. The highest BCUT2D eigenvalue weighted by Crippen LogP contribution is 2.22. The van der Waals surface area contributed by atoms with Crippen LogP contribution in [0.15, 0.2) is 54.6 Å². The first-order chi connectivity index (χ1) is 13.6. The van der Waals surface area contributed by atoms with E-state index < -0.39 is 0 Å². The number of nitrogens with one attached hydrogen (secondary N) is 2. The Balaban J connectivity index is 1.35. The lowest BCUT2D eigenvalue weighted by atomic mass is 9.93. The minimum Gasteiger partial charge on any atom is -0.356 e. The molecule has 148 valence electrons. The van der Waals surface area contributed by atoms with E-state index >= 15 is 0 Å². The molecule has 2 N–H and O–H groups in total. The lowest BCUT2D eigenvalue weighted by Gasteiger charge is -2.31. The zero-order chi connectivity index (χ0) is 19.8. The highest BCUT2D eigenvalue weighted by molar-refractivity contribution is 6.30. The fourth-order valence-electron chi connectivity index (χ4n) is 3.43. The van der Waals surface area contributed by atoms with Crippen LogP contribution in [-0.4, -0.2) is 36.5 Å². The van der Waals surface area contributed by atoms with Crippen LogP contribution in [0.3, 0.4) is 0 Å². The largest absolute Gasteiger partial charge is 0.356 e. The van der Waals surface area contributed by atoms with Crippen LogP contribution in [0, 0.1) is 5.92 Å². The molecule has 1 heterocycles. The zero-order valence-electron chi connectivity index (χ0n) is 15.9. The Hall–Kier alpha value is -2.53. The van der Waals surface area contributed by atoms with E-state index in [0.717, 1.165) is 19.3 Å². The molecular weight excluding hydrogens is 374 g/mol. The van der Waals surface area contributed by atoms with E-state index in [0.29, 0.717) is 42.7 Å². The van der Waals surface area contributed by atoms with E-state index in [2.05, 4.69) is 22.8 Å². The second kappa shape index (κ2) is 10.1. The number of hydrogen-bond donors (Lipinski definition) is 2. The number of urea groups is 1. The second-order valence-electron chi connectivity index (χ2n) is 7.16. The van der Waals surface area contributed by atoms with Crippen LogP contribution in [0.25, 0.3) is 0 Å². The Bertz CT molecular complexity index is 789. The molecule has 5 nitrogen and oxygen atoms in total. The van der Waals surface area contributed by atoms with Crippen LogP contribution >= 0.6 is 11.6 Å². The summed E-state index contributed by atoms with van der Waals surface area (Å²) in [6, 6.07) is 17.1. The predicted molar refractivity (Wildman–Crippen MR) is 113 cm³/mol. The highest BCUT2D eigenvalue weighted by atomic mass is 35.5. The molecule has 0 aromatic heterocycles. The van der Waals surface area contributed by atoms with Gasteiger partial charge in [-0.25, -0.2) is 4.79 Å². The molecule has 3 rings (SSSR count). The van der Waals surface area contributed by atoms with Crippen LogP contribution in [0.4, 0.5) is 10.5 Å². The maximum atomic E-state index is 12.4. The average molecular weight is 400 g/mol. The Morgan fingerprint density at radius 3 is 2.50 bits per heavy atom. The molecular formula is C22H26ClN3O2. The van der Waals surface area contributed by atoms with Gasteiger partial charge in [0, 0.05) is 36.8 Å². The summed E-state index contributed by atoms with van der Waals surface area (Å²) in [6.45, 7) is 1.98. The Morgan fingerprint density at radius 1 is 1.04 bits per heavy atom. The average Bonchev–Trinajstić information content (AvgIpc) is 2.69. The maximum absolute atomic E-state index is 12.4. The van der Waals surface area contributed by atoms with Crippen molar-refractivity contribution >= 4 is 29.2 Å². The Morgan fingerprint density at radius 2 is 1.79 bits per heavy atom. The molecule has 28 heavy (non-hydrogen) atoms. The molecule has 1 aliphatic heterocycles. The molecule has 0 aliphatic carbocycles. The minimum atomic E-state index is -0.118. The Kier molecular flexibility index (Phi) is 7.31. The molecule has 6 heteroatoms. The lowest BCUT2D eigenvalue weighted by molar-refractivity contribution is -0.122. The molecule has 3 amide bonds. The predicted octanol–water partition coefficient (Wildman–Crippen LogP) is 4.33. The van der Waals surface area contributed by atoms with Gasteiger partial charge in [-0.05, 0) is 48.9 Å². The number of nitrogens with zero attached hydrogens (tertiary/aromatic N) is 1. The number of halogens is 1. The van der Waals surface area contributed by atoms with Crippen LogP contribution < -0.4 is 10.6 Å². The van der Waals surface area contributed by atoms with Gasteiger partial charge >= 0.3 is 6.03 Å².